The van der Waals surface area contributed by atoms with Crippen LogP contribution in [0.3, 0.4) is 0 Å². The largest absolute Gasteiger partial charge is 0.497 e. The molecule has 2 heterocycles. The minimum absolute atomic E-state index is 0.0119. The van der Waals surface area contributed by atoms with Crippen LogP contribution in [0.25, 0.3) is 0 Å². The zero-order valence-electron chi connectivity index (χ0n) is 16.3. The number of nitrogens with zero attached hydrogens (tertiary/aromatic N) is 1. The fraction of sp³-hybridized carbons (Fsp3) is 0.364. The summed E-state index contributed by atoms with van der Waals surface area (Å²) in [5, 5.41) is 2.98. The van der Waals surface area contributed by atoms with Crippen molar-refractivity contribution in [3.63, 3.8) is 0 Å². The van der Waals surface area contributed by atoms with Gasteiger partial charge in [0, 0.05) is 31.1 Å². The van der Waals surface area contributed by atoms with Crippen molar-refractivity contribution >= 4 is 17.5 Å². The van der Waals surface area contributed by atoms with Crippen molar-refractivity contribution in [3.8, 4) is 17.2 Å². The molecule has 0 saturated carbocycles. The lowest BCUT2D eigenvalue weighted by atomic mass is 10.1. The molecule has 1 N–H and O–H groups in total. The first-order chi connectivity index (χ1) is 14.1. The third kappa shape index (κ3) is 4.45. The van der Waals surface area contributed by atoms with Gasteiger partial charge in [-0.15, -0.1) is 0 Å². The number of nitrogens with one attached hydrogen (secondary N) is 1. The minimum Gasteiger partial charge on any atom is -0.497 e. The lowest BCUT2D eigenvalue weighted by Gasteiger charge is -2.22. The number of fused-ring (bicyclic) bond motifs is 1. The standard InChI is InChI=1S/C22H24N2O5/c1-27-18-6-2-15(3-7-18)4-9-21(25)23-16-12-22(26)24(14-16)17-5-8-19-20(13-17)29-11-10-28-19/h2-3,5-8,13,16H,4,9-12,14H2,1H3,(H,23,25)/t16-/m0/s1. The molecule has 2 aliphatic rings. The van der Waals surface area contributed by atoms with E-state index in [0.717, 1.165) is 17.0 Å². The van der Waals surface area contributed by atoms with E-state index >= 15 is 0 Å². The molecule has 2 aliphatic heterocycles. The first kappa shape index (κ1) is 19.1. The van der Waals surface area contributed by atoms with E-state index in [-0.39, 0.29) is 17.9 Å². The van der Waals surface area contributed by atoms with Crippen LogP contribution in [0.4, 0.5) is 5.69 Å². The third-order valence-electron chi connectivity index (χ3n) is 5.13. The number of hydrogen-bond donors (Lipinski definition) is 1. The molecule has 1 atom stereocenters. The van der Waals surface area contributed by atoms with Gasteiger partial charge >= 0.3 is 0 Å². The maximum absolute atomic E-state index is 12.5. The predicted octanol–water partition coefficient (Wildman–Crippen LogP) is 2.32. The number of carbonyl (C=O) groups excluding carboxylic acids is 2. The highest BCUT2D eigenvalue weighted by Crippen LogP contribution is 2.35. The number of amides is 2. The van der Waals surface area contributed by atoms with Gasteiger partial charge in [-0.1, -0.05) is 12.1 Å². The smallest absolute Gasteiger partial charge is 0.229 e. The minimum atomic E-state index is -0.195. The summed E-state index contributed by atoms with van der Waals surface area (Å²) < 4.78 is 16.3. The molecule has 1 fully saturated rings. The number of benzene rings is 2. The lowest BCUT2D eigenvalue weighted by Crippen LogP contribution is -2.37. The molecule has 152 valence electrons. The monoisotopic (exact) mass is 396 g/mol. The number of carbonyl (C=O) groups is 2. The molecule has 0 unspecified atom stereocenters. The number of anilines is 1. The Morgan fingerprint density at radius 3 is 2.66 bits per heavy atom. The maximum atomic E-state index is 12.5. The van der Waals surface area contributed by atoms with Crippen molar-refractivity contribution < 1.29 is 23.8 Å². The van der Waals surface area contributed by atoms with Crippen LogP contribution in [0.15, 0.2) is 42.5 Å². The van der Waals surface area contributed by atoms with E-state index in [2.05, 4.69) is 5.32 Å². The van der Waals surface area contributed by atoms with Crippen molar-refractivity contribution in [1.82, 2.24) is 5.32 Å². The van der Waals surface area contributed by atoms with Gasteiger partial charge in [0.05, 0.1) is 13.2 Å². The average Bonchev–Trinajstić information content (AvgIpc) is 3.12. The van der Waals surface area contributed by atoms with E-state index in [0.29, 0.717) is 50.5 Å². The molecular weight excluding hydrogens is 372 g/mol. The highest BCUT2D eigenvalue weighted by atomic mass is 16.6. The highest BCUT2D eigenvalue weighted by molar-refractivity contribution is 5.97. The molecule has 0 bridgehead atoms. The summed E-state index contributed by atoms with van der Waals surface area (Å²) in [6.45, 7) is 1.48. The number of rotatable bonds is 6. The van der Waals surface area contributed by atoms with Gasteiger partial charge in [0.25, 0.3) is 0 Å². The quantitative estimate of drug-likeness (QED) is 0.811. The Hall–Kier alpha value is -3.22. The Labute approximate surface area is 169 Å². The molecular formula is C22H24N2O5. The highest BCUT2D eigenvalue weighted by Gasteiger charge is 2.32. The van der Waals surface area contributed by atoms with Gasteiger partial charge < -0.3 is 24.4 Å². The van der Waals surface area contributed by atoms with Gasteiger partial charge in [0.1, 0.15) is 19.0 Å². The first-order valence-electron chi connectivity index (χ1n) is 9.74. The Bertz CT molecular complexity index is 897. The zero-order valence-corrected chi connectivity index (χ0v) is 16.3. The second-order valence-electron chi connectivity index (χ2n) is 7.15. The SMILES string of the molecule is COc1ccc(CCC(=O)N[C@H]2CC(=O)N(c3ccc4c(c3)OCCO4)C2)cc1. The number of ether oxygens (including phenoxy) is 3. The van der Waals surface area contributed by atoms with Crippen molar-refractivity contribution in [2.75, 3.05) is 31.8 Å². The molecule has 7 heteroatoms. The van der Waals surface area contributed by atoms with E-state index in [9.17, 15) is 9.59 Å². The number of methoxy groups -OCH3 is 1. The van der Waals surface area contributed by atoms with Crippen molar-refractivity contribution in [3.05, 3.63) is 48.0 Å². The summed E-state index contributed by atoms with van der Waals surface area (Å²) in [6, 6.07) is 13.0. The van der Waals surface area contributed by atoms with Crippen molar-refractivity contribution in [1.29, 1.82) is 0 Å². The third-order valence-corrected chi connectivity index (χ3v) is 5.13. The summed E-state index contributed by atoms with van der Waals surface area (Å²) in [5.41, 5.74) is 1.83. The summed E-state index contributed by atoms with van der Waals surface area (Å²) in [5.74, 6) is 2.07. The second kappa shape index (κ2) is 8.43. The lowest BCUT2D eigenvalue weighted by molar-refractivity contribution is -0.121. The van der Waals surface area contributed by atoms with Crippen molar-refractivity contribution in [2.24, 2.45) is 0 Å². The molecule has 2 aromatic rings. The van der Waals surface area contributed by atoms with Crippen LogP contribution in [0.2, 0.25) is 0 Å². The van der Waals surface area contributed by atoms with E-state index in [1.807, 2.05) is 42.5 Å². The molecule has 0 spiro atoms. The molecule has 0 aromatic heterocycles. The predicted molar refractivity (Wildman–Crippen MR) is 108 cm³/mol. The average molecular weight is 396 g/mol. The van der Waals surface area contributed by atoms with Gasteiger partial charge in [-0.05, 0) is 36.2 Å². The van der Waals surface area contributed by atoms with Crippen LogP contribution in [-0.2, 0) is 16.0 Å². The number of hydrogen-bond acceptors (Lipinski definition) is 5. The van der Waals surface area contributed by atoms with Gasteiger partial charge in [-0.25, -0.2) is 0 Å². The van der Waals surface area contributed by atoms with E-state index in [1.54, 1.807) is 12.0 Å². The molecule has 2 amide bonds. The molecule has 0 radical (unpaired) electrons. The summed E-state index contributed by atoms with van der Waals surface area (Å²) >= 11 is 0. The van der Waals surface area contributed by atoms with Crippen LogP contribution in [0.1, 0.15) is 18.4 Å². The van der Waals surface area contributed by atoms with Crippen LogP contribution in [-0.4, -0.2) is 44.7 Å². The Morgan fingerprint density at radius 1 is 1.14 bits per heavy atom. The molecule has 29 heavy (non-hydrogen) atoms. The normalized spacial score (nSPS) is 17.9. The number of aryl methyl sites for hydroxylation is 1. The van der Waals surface area contributed by atoms with Gasteiger partial charge in [-0.3, -0.25) is 9.59 Å². The first-order valence-corrected chi connectivity index (χ1v) is 9.74. The fourth-order valence-electron chi connectivity index (χ4n) is 3.60. The summed E-state index contributed by atoms with van der Waals surface area (Å²) in [6.07, 6.45) is 1.31. The molecule has 1 saturated heterocycles. The van der Waals surface area contributed by atoms with Gasteiger partial charge in [-0.2, -0.15) is 0 Å². The van der Waals surface area contributed by atoms with E-state index < -0.39 is 0 Å². The Balaban J connectivity index is 1.31. The van der Waals surface area contributed by atoms with Crippen LogP contribution in [0.5, 0.6) is 17.2 Å². The topological polar surface area (TPSA) is 77.1 Å². The maximum Gasteiger partial charge on any atom is 0.229 e. The second-order valence-corrected chi connectivity index (χ2v) is 7.15. The Kier molecular flexibility index (Phi) is 5.55. The Morgan fingerprint density at radius 2 is 1.90 bits per heavy atom. The summed E-state index contributed by atoms with van der Waals surface area (Å²) in [4.78, 5) is 26.5. The van der Waals surface area contributed by atoms with E-state index in [1.165, 1.54) is 0 Å². The van der Waals surface area contributed by atoms with Crippen LogP contribution < -0.4 is 24.4 Å². The molecule has 2 aromatic carbocycles. The molecule has 4 rings (SSSR count). The van der Waals surface area contributed by atoms with Gasteiger partial charge in [0.15, 0.2) is 11.5 Å². The van der Waals surface area contributed by atoms with Crippen molar-refractivity contribution in [2.45, 2.75) is 25.3 Å². The molecule has 7 nitrogen and oxygen atoms in total. The molecule has 0 aliphatic carbocycles. The van der Waals surface area contributed by atoms with E-state index in [4.69, 9.17) is 14.2 Å². The fourth-order valence-corrected chi connectivity index (χ4v) is 3.60. The van der Waals surface area contributed by atoms with Crippen LogP contribution in [0, 0.1) is 0 Å². The van der Waals surface area contributed by atoms with Crippen LogP contribution >= 0.6 is 0 Å². The summed E-state index contributed by atoms with van der Waals surface area (Å²) in [7, 11) is 1.62. The van der Waals surface area contributed by atoms with Gasteiger partial charge in [0.2, 0.25) is 11.8 Å². The zero-order chi connectivity index (χ0) is 20.2.